The highest BCUT2D eigenvalue weighted by Crippen LogP contribution is 2.34. The third-order valence-corrected chi connectivity index (χ3v) is 8.09. The van der Waals surface area contributed by atoms with Gasteiger partial charge in [0.2, 0.25) is 0 Å². The first-order chi connectivity index (χ1) is 20.1. The molecule has 1 aromatic heterocycles. The number of aromatic nitrogens is 3. The minimum absolute atomic E-state index is 0.0415. The van der Waals surface area contributed by atoms with E-state index in [1.807, 2.05) is 0 Å². The number of rotatable bonds is 7. The average Bonchev–Trinajstić information content (AvgIpc) is 3.45. The maximum absolute atomic E-state index is 14.1. The molecule has 10 nitrogen and oxygen atoms in total. The fraction of sp³-hybridized carbons (Fsp3) is 0.464. The Morgan fingerprint density at radius 3 is 2.45 bits per heavy atom. The number of ether oxygens (including phenoxy) is 1. The Morgan fingerprint density at radius 2 is 1.79 bits per heavy atom. The highest BCUT2D eigenvalue weighted by atomic mass is 35.5. The number of aliphatic hydroxyl groups is 4. The van der Waals surface area contributed by atoms with E-state index in [0.717, 1.165) is 29.7 Å². The lowest BCUT2D eigenvalue weighted by atomic mass is 9.88. The number of halogens is 4. The summed E-state index contributed by atoms with van der Waals surface area (Å²) in [5.41, 5.74) is 0.419. The van der Waals surface area contributed by atoms with Crippen molar-refractivity contribution in [2.75, 3.05) is 6.61 Å². The normalized spacial score (nSPS) is 28.0. The van der Waals surface area contributed by atoms with Gasteiger partial charge in [-0.1, -0.05) is 41.8 Å². The van der Waals surface area contributed by atoms with Gasteiger partial charge in [0, 0.05) is 17.1 Å². The second kappa shape index (κ2) is 12.7. The molecule has 2 aromatic carbocycles. The first-order valence-corrected chi connectivity index (χ1v) is 13.9. The molecule has 7 atom stereocenters. The van der Waals surface area contributed by atoms with Gasteiger partial charge < -0.3 is 30.1 Å². The van der Waals surface area contributed by atoms with Crippen LogP contribution in [-0.2, 0) is 16.1 Å². The van der Waals surface area contributed by atoms with E-state index in [4.69, 9.17) is 16.3 Å². The molecule has 0 radical (unpaired) electrons. The molecule has 42 heavy (non-hydrogen) atoms. The summed E-state index contributed by atoms with van der Waals surface area (Å²) in [7, 11) is 0. The van der Waals surface area contributed by atoms with Gasteiger partial charge in [-0.2, -0.15) is 0 Å². The summed E-state index contributed by atoms with van der Waals surface area (Å²) in [4.78, 5) is 15.5. The molecule has 2 heterocycles. The molecule has 4 N–H and O–H groups in total. The third kappa shape index (κ3) is 6.03. The predicted octanol–water partition coefficient (Wildman–Crippen LogP) is 2.37. The Bertz CT molecular complexity index is 1410. The molecular formula is C28H30ClF3N4O6. The van der Waals surface area contributed by atoms with Gasteiger partial charge in [0.15, 0.2) is 23.6 Å². The molecular weight excluding hydrogens is 581 g/mol. The van der Waals surface area contributed by atoms with E-state index < -0.39 is 72.6 Å². The van der Waals surface area contributed by atoms with E-state index in [1.165, 1.54) is 11.1 Å². The fourth-order valence-corrected chi connectivity index (χ4v) is 5.90. The van der Waals surface area contributed by atoms with Gasteiger partial charge >= 0.3 is 0 Å². The van der Waals surface area contributed by atoms with Crippen LogP contribution in [0, 0.1) is 17.5 Å². The molecule has 0 bridgehead atoms. The number of carbonyl (C=O) groups is 1. The molecule has 1 aliphatic heterocycles. The van der Waals surface area contributed by atoms with Crippen LogP contribution in [0.4, 0.5) is 13.2 Å². The highest BCUT2D eigenvalue weighted by Gasteiger charge is 2.50. The van der Waals surface area contributed by atoms with Gasteiger partial charge in [0.25, 0.3) is 5.91 Å². The first kappa shape index (κ1) is 30.4. The van der Waals surface area contributed by atoms with Crippen LogP contribution in [0.3, 0.4) is 0 Å². The van der Waals surface area contributed by atoms with Crippen LogP contribution in [0.15, 0.2) is 42.6 Å². The van der Waals surface area contributed by atoms with Crippen LogP contribution >= 0.6 is 11.6 Å². The molecule has 1 saturated heterocycles. The molecule has 0 spiro atoms. The van der Waals surface area contributed by atoms with E-state index in [2.05, 4.69) is 10.3 Å². The zero-order chi connectivity index (χ0) is 30.1. The number of hydrogen-bond donors (Lipinski definition) is 4. The molecule has 1 aliphatic carbocycles. The monoisotopic (exact) mass is 610 g/mol. The van der Waals surface area contributed by atoms with E-state index in [9.17, 15) is 38.4 Å². The van der Waals surface area contributed by atoms with Gasteiger partial charge in [-0.05, 0) is 42.7 Å². The van der Waals surface area contributed by atoms with Crippen LogP contribution in [0.1, 0.15) is 37.3 Å². The van der Waals surface area contributed by atoms with Crippen LogP contribution in [0.5, 0.6) is 0 Å². The molecule has 1 saturated carbocycles. The van der Waals surface area contributed by atoms with Crippen LogP contribution < -0.4 is 0 Å². The lowest BCUT2D eigenvalue weighted by Crippen LogP contribution is -2.62. The molecule has 226 valence electrons. The average molecular weight is 611 g/mol. The smallest absolute Gasteiger partial charge is 0.255 e. The number of benzene rings is 2. The van der Waals surface area contributed by atoms with E-state index in [0.29, 0.717) is 23.4 Å². The lowest BCUT2D eigenvalue weighted by Gasteiger charge is -2.45. The van der Waals surface area contributed by atoms with E-state index in [-0.39, 0.29) is 17.8 Å². The topological polar surface area (TPSA) is 141 Å². The number of amides is 1. The van der Waals surface area contributed by atoms with Gasteiger partial charge in [-0.15, -0.1) is 5.10 Å². The largest absolute Gasteiger partial charge is 0.394 e. The second-order valence-electron chi connectivity index (χ2n) is 10.6. The molecule has 3 aromatic rings. The van der Waals surface area contributed by atoms with Gasteiger partial charge in [0.1, 0.15) is 30.0 Å². The van der Waals surface area contributed by atoms with Crippen molar-refractivity contribution in [2.24, 2.45) is 0 Å². The zero-order valence-corrected chi connectivity index (χ0v) is 23.0. The molecule has 5 rings (SSSR count). The quantitative estimate of drug-likeness (QED) is 0.299. The summed E-state index contributed by atoms with van der Waals surface area (Å²) in [6, 6.07) is 6.30. The molecule has 14 heteroatoms. The van der Waals surface area contributed by atoms with Crippen LogP contribution in [-0.4, -0.2) is 89.4 Å². The fourth-order valence-electron chi connectivity index (χ4n) is 5.69. The van der Waals surface area contributed by atoms with Crippen molar-refractivity contribution < 1.29 is 43.1 Å². The summed E-state index contributed by atoms with van der Waals surface area (Å²) in [5.74, 6) is -5.23. The Morgan fingerprint density at radius 1 is 1.07 bits per heavy atom. The first-order valence-electron chi connectivity index (χ1n) is 13.5. The minimum Gasteiger partial charge on any atom is -0.394 e. The van der Waals surface area contributed by atoms with Crippen molar-refractivity contribution in [2.45, 2.75) is 74.8 Å². The Labute approximate surface area is 243 Å². The van der Waals surface area contributed by atoms with Crippen molar-refractivity contribution >= 4 is 17.5 Å². The van der Waals surface area contributed by atoms with Crippen LogP contribution in [0.25, 0.3) is 11.3 Å². The minimum atomic E-state index is -1.73. The molecule has 1 amide bonds. The van der Waals surface area contributed by atoms with Crippen LogP contribution in [0.2, 0.25) is 5.02 Å². The number of nitrogens with zero attached hydrogens (tertiary/aromatic N) is 4. The number of carbonyl (C=O) groups excluding carboxylic acids is 1. The Balaban J connectivity index is 1.47. The molecule has 2 fully saturated rings. The highest BCUT2D eigenvalue weighted by molar-refractivity contribution is 6.30. The summed E-state index contributed by atoms with van der Waals surface area (Å²) in [6.07, 6.45) is -3.36. The third-order valence-electron chi connectivity index (χ3n) is 7.85. The zero-order valence-electron chi connectivity index (χ0n) is 22.2. The summed E-state index contributed by atoms with van der Waals surface area (Å²) < 4.78 is 47.8. The Kier molecular flexibility index (Phi) is 9.16. The van der Waals surface area contributed by atoms with Crippen molar-refractivity contribution in [3.05, 3.63) is 70.6 Å². The van der Waals surface area contributed by atoms with Crippen molar-refractivity contribution in [3.8, 4) is 11.3 Å². The predicted molar refractivity (Wildman–Crippen MR) is 142 cm³/mol. The van der Waals surface area contributed by atoms with Gasteiger partial charge in [0.05, 0.1) is 24.9 Å². The standard InChI is InChI=1S/C28H30ClF3N4O6/c29-16-5-3-4-14(8-16)11-35(20-6-1-2-7-21(20)38)28(41)27-26(40)24(25(39)22(13-37)42-27)36-12-19(33-34-36)15-9-17(30)23(32)18(31)10-15/h3-5,8-10,12,20-22,24-27,37-40H,1-2,6-7,11,13H2/t20-,21-,22?,24?,25?,26?,27?/m0/s1. The second-order valence-corrected chi connectivity index (χ2v) is 11.0. The summed E-state index contributed by atoms with van der Waals surface area (Å²) in [6.45, 7) is -0.676. The summed E-state index contributed by atoms with van der Waals surface area (Å²) >= 11 is 6.16. The number of hydrogen-bond acceptors (Lipinski definition) is 8. The van der Waals surface area contributed by atoms with Gasteiger partial charge in [-0.25, -0.2) is 17.9 Å². The lowest BCUT2D eigenvalue weighted by molar-refractivity contribution is -0.214. The van der Waals surface area contributed by atoms with Crippen molar-refractivity contribution in [1.82, 2.24) is 19.9 Å². The number of aliphatic hydroxyl groups excluding tert-OH is 4. The SMILES string of the molecule is O=C(C1OC(CO)C(O)C(n2cc(-c3cc(F)c(F)c(F)c3)nn2)C1O)N(Cc1cccc(Cl)c1)[C@H]1CCCC[C@@H]1O. The van der Waals surface area contributed by atoms with Crippen molar-refractivity contribution in [3.63, 3.8) is 0 Å². The van der Waals surface area contributed by atoms with E-state index >= 15 is 0 Å². The van der Waals surface area contributed by atoms with Crippen molar-refractivity contribution in [1.29, 1.82) is 0 Å². The maximum Gasteiger partial charge on any atom is 0.255 e. The molecule has 5 unspecified atom stereocenters. The van der Waals surface area contributed by atoms with E-state index in [1.54, 1.807) is 24.3 Å². The molecule has 2 aliphatic rings. The summed E-state index contributed by atoms with van der Waals surface area (Å²) in [5, 5.41) is 51.3. The Hall–Kier alpha value is -3.07. The maximum atomic E-state index is 14.1. The van der Waals surface area contributed by atoms with Gasteiger partial charge in [-0.3, -0.25) is 4.79 Å².